The molecule has 1 aliphatic rings. The van der Waals surface area contributed by atoms with E-state index in [1.807, 2.05) is 18.2 Å². The van der Waals surface area contributed by atoms with Gasteiger partial charge in [0, 0.05) is 38.1 Å². The SMILES string of the molecule is C=CCn1c(-c2ccc(OC)cc2)cs/c1=N/N1CCN(C)CC1. The first-order chi connectivity index (χ1) is 11.7. The van der Waals surface area contributed by atoms with E-state index in [2.05, 4.69) is 45.6 Å². The van der Waals surface area contributed by atoms with E-state index >= 15 is 0 Å². The summed E-state index contributed by atoms with van der Waals surface area (Å²) in [5.41, 5.74) is 2.32. The standard InChI is InChI=1S/C18H24N4OS/c1-4-9-22-17(15-5-7-16(23-3)8-6-15)14-24-18(22)19-21-12-10-20(2)11-13-21/h4-8,14H,1,9-13H2,2-3H3/b19-18+. The fraction of sp³-hybridized carbons (Fsp3) is 0.389. The molecule has 0 N–H and O–H groups in total. The highest BCUT2D eigenvalue weighted by atomic mass is 32.1. The molecule has 2 heterocycles. The number of benzene rings is 1. The van der Waals surface area contributed by atoms with Crippen LogP contribution in [0.2, 0.25) is 0 Å². The molecule has 0 saturated carbocycles. The number of piperazine rings is 1. The van der Waals surface area contributed by atoms with Crippen LogP contribution in [0.3, 0.4) is 0 Å². The zero-order valence-electron chi connectivity index (χ0n) is 14.3. The minimum atomic E-state index is 0.747. The summed E-state index contributed by atoms with van der Waals surface area (Å²) in [6.45, 7) is 8.70. The Morgan fingerprint density at radius 1 is 1.21 bits per heavy atom. The second kappa shape index (κ2) is 7.68. The molecule has 128 valence electrons. The van der Waals surface area contributed by atoms with E-state index in [4.69, 9.17) is 9.84 Å². The maximum atomic E-state index is 5.25. The fourth-order valence-corrected chi connectivity index (χ4v) is 3.67. The lowest BCUT2D eigenvalue weighted by Crippen LogP contribution is -2.42. The van der Waals surface area contributed by atoms with Crippen LogP contribution >= 0.6 is 11.3 Å². The Bertz CT molecular complexity index is 739. The van der Waals surface area contributed by atoms with Crippen molar-refractivity contribution in [2.45, 2.75) is 6.54 Å². The Hall–Kier alpha value is -2.05. The molecule has 1 aromatic carbocycles. The average molecular weight is 344 g/mol. The van der Waals surface area contributed by atoms with Crippen molar-refractivity contribution in [1.82, 2.24) is 14.5 Å². The van der Waals surface area contributed by atoms with Gasteiger partial charge in [0.05, 0.1) is 12.8 Å². The molecule has 0 aliphatic carbocycles. The third-order valence-corrected chi connectivity index (χ3v) is 5.06. The molecule has 0 unspecified atom stereocenters. The number of thiazole rings is 1. The summed E-state index contributed by atoms with van der Waals surface area (Å²) in [4.78, 5) is 3.35. The van der Waals surface area contributed by atoms with Crippen LogP contribution in [0.4, 0.5) is 0 Å². The molecule has 0 spiro atoms. The monoisotopic (exact) mass is 344 g/mol. The fourth-order valence-electron chi connectivity index (χ4n) is 2.72. The molecule has 1 aromatic heterocycles. The quantitative estimate of drug-likeness (QED) is 0.781. The molecule has 0 atom stereocenters. The van der Waals surface area contributed by atoms with Crippen LogP contribution in [0.5, 0.6) is 5.75 Å². The van der Waals surface area contributed by atoms with Gasteiger partial charge in [0.25, 0.3) is 0 Å². The number of rotatable bonds is 5. The first-order valence-corrected chi connectivity index (χ1v) is 9.01. The average Bonchev–Trinajstić information content (AvgIpc) is 3.00. The summed E-state index contributed by atoms with van der Waals surface area (Å²) in [6, 6.07) is 8.14. The highest BCUT2D eigenvalue weighted by Gasteiger charge is 2.13. The van der Waals surface area contributed by atoms with Crippen molar-refractivity contribution < 1.29 is 4.74 Å². The number of aromatic nitrogens is 1. The third kappa shape index (κ3) is 3.71. The van der Waals surface area contributed by atoms with Crippen LogP contribution in [0, 0.1) is 0 Å². The lowest BCUT2D eigenvalue weighted by Gasteiger charge is -2.29. The Labute approximate surface area is 147 Å². The van der Waals surface area contributed by atoms with Gasteiger partial charge in [-0.2, -0.15) is 0 Å². The molecule has 5 nitrogen and oxygen atoms in total. The van der Waals surface area contributed by atoms with E-state index in [1.165, 1.54) is 0 Å². The summed E-state index contributed by atoms with van der Waals surface area (Å²) < 4.78 is 7.47. The Kier molecular flexibility index (Phi) is 5.37. The van der Waals surface area contributed by atoms with E-state index in [-0.39, 0.29) is 0 Å². The van der Waals surface area contributed by atoms with Gasteiger partial charge in [0.15, 0.2) is 0 Å². The van der Waals surface area contributed by atoms with Crippen molar-refractivity contribution in [2.75, 3.05) is 40.3 Å². The Balaban J connectivity index is 1.93. The molecule has 1 aliphatic heterocycles. The molecule has 3 rings (SSSR count). The van der Waals surface area contributed by atoms with E-state index in [9.17, 15) is 0 Å². The normalized spacial score (nSPS) is 16.4. The van der Waals surface area contributed by atoms with E-state index in [0.29, 0.717) is 0 Å². The minimum absolute atomic E-state index is 0.747. The van der Waals surface area contributed by atoms with Crippen LogP contribution in [0.1, 0.15) is 0 Å². The van der Waals surface area contributed by atoms with Gasteiger partial charge in [-0.15, -0.1) is 23.0 Å². The summed E-state index contributed by atoms with van der Waals surface area (Å²) >= 11 is 1.68. The highest BCUT2D eigenvalue weighted by Crippen LogP contribution is 2.23. The second-order valence-corrected chi connectivity index (χ2v) is 6.72. The van der Waals surface area contributed by atoms with Crippen LogP contribution in [-0.4, -0.2) is 54.8 Å². The maximum absolute atomic E-state index is 5.25. The first kappa shape index (κ1) is 16.8. The van der Waals surface area contributed by atoms with Gasteiger partial charge < -0.3 is 14.2 Å². The van der Waals surface area contributed by atoms with Crippen molar-refractivity contribution in [3.63, 3.8) is 0 Å². The summed E-state index contributed by atoms with van der Waals surface area (Å²) in [7, 11) is 3.84. The lowest BCUT2D eigenvalue weighted by atomic mass is 10.1. The summed E-state index contributed by atoms with van der Waals surface area (Å²) in [6.07, 6.45) is 1.92. The van der Waals surface area contributed by atoms with E-state index < -0.39 is 0 Å². The molecule has 2 aromatic rings. The zero-order valence-corrected chi connectivity index (χ0v) is 15.1. The van der Waals surface area contributed by atoms with Crippen molar-refractivity contribution in [1.29, 1.82) is 0 Å². The number of methoxy groups -OCH3 is 1. The van der Waals surface area contributed by atoms with Crippen molar-refractivity contribution in [3.8, 4) is 17.0 Å². The van der Waals surface area contributed by atoms with Gasteiger partial charge in [-0.1, -0.05) is 6.08 Å². The van der Waals surface area contributed by atoms with Gasteiger partial charge in [-0.3, -0.25) is 5.01 Å². The van der Waals surface area contributed by atoms with Gasteiger partial charge in [0.2, 0.25) is 4.80 Å². The minimum Gasteiger partial charge on any atom is -0.497 e. The zero-order chi connectivity index (χ0) is 16.9. The van der Waals surface area contributed by atoms with Crippen molar-refractivity contribution in [2.24, 2.45) is 5.10 Å². The largest absolute Gasteiger partial charge is 0.497 e. The number of ether oxygens (including phenoxy) is 1. The third-order valence-electron chi connectivity index (χ3n) is 4.20. The lowest BCUT2D eigenvalue weighted by molar-refractivity contribution is 0.153. The number of nitrogens with zero attached hydrogens (tertiary/aromatic N) is 4. The van der Waals surface area contributed by atoms with Crippen LogP contribution in [-0.2, 0) is 6.54 Å². The van der Waals surface area contributed by atoms with Crippen LogP contribution < -0.4 is 9.54 Å². The van der Waals surface area contributed by atoms with Gasteiger partial charge in [-0.25, -0.2) is 0 Å². The second-order valence-electron chi connectivity index (χ2n) is 5.89. The molecule has 1 saturated heterocycles. The number of hydrogen-bond donors (Lipinski definition) is 0. The van der Waals surface area contributed by atoms with E-state index in [1.54, 1.807) is 18.4 Å². The van der Waals surface area contributed by atoms with Crippen molar-refractivity contribution in [3.05, 3.63) is 47.1 Å². The molecule has 0 radical (unpaired) electrons. The molecule has 0 bridgehead atoms. The van der Waals surface area contributed by atoms with Gasteiger partial charge in [-0.05, 0) is 36.9 Å². The van der Waals surface area contributed by atoms with Crippen LogP contribution in [0.15, 0.2) is 47.4 Å². The predicted octanol–water partition coefficient (Wildman–Crippen LogP) is 2.47. The molecular formula is C18H24N4OS. The van der Waals surface area contributed by atoms with Gasteiger partial charge >= 0.3 is 0 Å². The first-order valence-electron chi connectivity index (χ1n) is 8.13. The molecule has 24 heavy (non-hydrogen) atoms. The number of allylic oxidation sites excluding steroid dienone is 1. The predicted molar refractivity (Wildman–Crippen MR) is 99.1 cm³/mol. The Morgan fingerprint density at radius 3 is 2.54 bits per heavy atom. The number of likely N-dealkylation sites (N-methyl/N-ethyl adjacent to an activating group) is 1. The van der Waals surface area contributed by atoms with Gasteiger partial charge in [0.1, 0.15) is 5.75 Å². The molecular weight excluding hydrogens is 320 g/mol. The molecule has 6 heteroatoms. The maximum Gasteiger partial charge on any atom is 0.208 e. The smallest absolute Gasteiger partial charge is 0.208 e. The molecule has 1 fully saturated rings. The topological polar surface area (TPSA) is 33.0 Å². The highest BCUT2D eigenvalue weighted by molar-refractivity contribution is 7.07. The summed E-state index contributed by atoms with van der Waals surface area (Å²) in [5.74, 6) is 0.867. The Morgan fingerprint density at radius 2 is 1.92 bits per heavy atom. The summed E-state index contributed by atoms with van der Waals surface area (Å²) in [5, 5.41) is 9.20. The van der Waals surface area contributed by atoms with Crippen LogP contribution in [0.25, 0.3) is 11.3 Å². The van der Waals surface area contributed by atoms with E-state index in [0.717, 1.165) is 54.5 Å². The van der Waals surface area contributed by atoms with Crippen molar-refractivity contribution >= 4 is 11.3 Å². The molecule has 0 amide bonds. The number of hydrogen-bond acceptors (Lipinski definition) is 5.